The van der Waals surface area contributed by atoms with E-state index in [1.54, 1.807) is 22.5 Å². The Labute approximate surface area is 103 Å². The van der Waals surface area contributed by atoms with E-state index in [4.69, 9.17) is 0 Å². The molecular formula is C13H17NO2S. The van der Waals surface area contributed by atoms with E-state index in [2.05, 4.69) is 6.58 Å². The molecule has 4 heteroatoms. The monoisotopic (exact) mass is 251 g/mol. The van der Waals surface area contributed by atoms with Gasteiger partial charge in [-0.2, -0.15) is 4.31 Å². The second kappa shape index (κ2) is 4.63. The Morgan fingerprint density at radius 2 is 2.00 bits per heavy atom. The molecule has 2 rings (SSSR count). The van der Waals surface area contributed by atoms with Crippen molar-refractivity contribution in [1.82, 2.24) is 4.31 Å². The highest BCUT2D eigenvalue weighted by Gasteiger charge is 2.33. The fraction of sp³-hybridized carbons (Fsp3) is 0.385. The Kier molecular flexibility index (Phi) is 3.35. The van der Waals surface area contributed by atoms with Crippen molar-refractivity contribution in [1.29, 1.82) is 0 Å². The first-order chi connectivity index (χ1) is 8.05. The SMILES string of the molecule is C=C[C@H]1CCCN1S(=O)(=O)c1ccc(C)cc1. The molecule has 0 amide bonds. The number of hydrogen-bond acceptors (Lipinski definition) is 2. The minimum Gasteiger partial charge on any atom is -0.207 e. The number of benzene rings is 1. The second-order valence-corrected chi connectivity index (χ2v) is 6.26. The van der Waals surface area contributed by atoms with Crippen LogP contribution in [0.1, 0.15) is 18.4 Å². The Balaban J connectivity index is 2.36. The summed E-state index contributed by atoms with van der Waals surface area (Å²) in [5, 5.41) is 0. The highest BCUT2D eigenvalue weighted by Crippen LogP contribution is 2.26. The van der Waals surface area contributed by atoms with Crippen LogP contribution in [-0.4, -0.2) is 25.3 Å². The molecule has 1 saturated heterocycles. The van der Waals surface area contributed by atoms with Crippen molar-refractivity contribution < 1.29 is 8.42 Å². The number of aryl methyl sites for hydroxylation is 1. The second-order valence-electron chi connectivity index (χ2n) is 4.37. The fourth-order valence-electron chi connectivity index (χ4n) is 2.15. The normalized spacial score (nSPS) is 21.6. The maximum absolute atomic E-state index is 12.4. The molecule has 0 saturated carbocycles. The van der Waals surface area contributed by atoms with Crippen LogP contribution in [0.4, 0.5) is 0 Å². The van der Waals surface area contributed by atoms with E-state index < -0.39 is 10.0 Å². The van der Waals surface area contributed by atoms with Gasteiger partial charge in [0.2, 0.25) is 10.0 Å². The maximum Gasteiger partial charge on any atom is 0.243 e. The molecule has 0 radical (unpaired) electrons. The Hall–Kier alpha value is -1.13. The summed E-state index contributed by atoms with van der Waals surface area (Å²) in [6.07, 6.45) is 3.50. The molecular weight excluding hydrogens is 234 g/mol. The van der Waals surface area contributed by atoms with Gasteiger partial charge in [-0.25, -0.2) is 8.42 Å². The molecule has 1 heterocycles. The summed E-state index contributed by atoms with van der Waals surface area (Å²) < 4.78 is 26.3. The molecule has 17 heavy (non-hydrogen) atoms. The van der Waals surface area contributed by atoms with Crippen molar-refractivity contribution in [3.8, 4) is 0 Å². The van der Waals surface area contributed by atoms with Crippen molar-refractivity contribution in [2.24, 2.45) is 0 Å². The van der Waals surface area contributed by atoms with E-state index in [0.717, 1.165) is 18.4 Å². The van der Waals surface area contributed by atoms with Gasteiger partial charge in [-0.3, -0.25) is 0 Å². The molecule has 1 aliphatic rings. The molecule has 1 atom stereocenters. The molecule has 0 spiro atoms. The lowest BCUT2D eigenvalue weighted by Crippen LogP contribution is -2.34. The van der Waals surface area contributed by atoms with Crippen LogP contribution in [-0.2, 0) is 10.0 Å². The molecule has 0 unspecified atom stereocenters. The van der Waals surface area contributed by atoms with Gasteiger partial charge < -0.3 is 0 Å². The number of sulfonamides is 1. The molecule has 0 bridgehead atoms. The number of hydrogen-bond donors (Lipinski definition) is 0. The van der Waals surface area contributed by atoms with Crippen molar-refractivity contribution in [2.45, 2.75) is 30.7 Å². The summed E-state index contributed by atoms with van der Waals surface area (Å²) in [5.41, 5.74) is 1.06. The van der Waals surface area contributed by atoms with E-state index in [0.29, 0.717) is 11.4 Å². The summed E-state index contributed by atoms with van der Waals surface area (Å²) in [7, 11) is -3.35. The summed E-state index contributed by atoms with van der Waals surface area (Å²) in [6, 6.07) is 6.94. The number of rotatable bonds is 3. The predicted octanol–water partition coefficient (Wildman–Crippen LogP) is 2.33. The third-order valence-corrected chi connectivity index (χ3v) is 5.09. The molecule has 0 aromatic heterocycles. The molecule has 92 valence electrons. The Morgan fingerprint density at radius 3 is 2.59 bits per heavy atom. The first-order valence-electron chi connectivity index (χ1n) is 5.77. The van der Waals surface area contributed by atoms with Crippen molar-refractivity contribution in [2.75, 3.05) is 6.54 Å². The van der Waals surface area contributed by atoms with Gasteiger partial charge in [0, 0.05) is 12.6 Å². The van der Waals surface area contributed by atoms with Crippen LogP contribution >= 0.6 is 0 Å². The van der Waals surface area contributed by atoms with Crippen LogP contribution in [0.2, 0.25) is 0 Å². The maximum atomic E-state index is 12.4. The summed E-state index contributed by atoms with van der Waals surface area (Å²) in [5.74, 6) is 0. The molecule has 1 aliphatic heterocycles. The molecule has 0 aliphatic carbocycles. The topological polar surface area (TPSA) is 37.4 Å². The molecule has 0 N–H and O–H groups in total. The molecule has 1 fully saturated rings. The van der Waals surface area contributed by atoms with Gasteiger partial charge in [0.15, 0.2) is 0 Å². The largest absolute Gasteiger partial charge is 0.243 e. The lowest BCUT2D eigenvalue weighted by molar-refractivity contribution is 0.433. The third kappa shape index (κ3) is 2.28. The van der Waals surface area contributed by atoms with Gasteiger partial charge in [0.25, 0.3) is 0 Å². The lowest BCUT2D eigenvalue weighted by atomic mass is 10.2. The first-order valence-corrected chi connectivity index (χ1v) is 7.21. The summed E-state index contributed by atoms with van der Waals surface area (Å²) in [6.45, 7) is 6.24. The van der Waals surface area contributed by atoms with E-state index >= 15 is 0 Å². The zero-order valence-corrected chi connectivity index (χ0v) is 10.8. The average molecular weight is 251 g/mol. The molecule has 1 aromatic rings. The Morgan fingerprint density at radius 1 is 1.35 bits per heavy atom. The lowest BCUT2D eigenvalue weighted by Gasteiger charge is -2.21. The smallest absolute Gasteiger partial charge is 0.207 e. The average Bonchev–Trinajstić information content (AvgIpc) is 2.78. The summed E-state index contributed by atoms with van der Waals surface area (Å²) in [4.78, 5) is 0.372. The van der Waals surface area contributed by atoms with Crippen molar-refractivity contribution >= 4 is 10.0 Å². The van der Waals surface area contributed by atoms with Crippen LogP contribution in [0, 0.1) is 6.92 Å². The van der Waals surface area contributed by atoms with Crippen LogP contribution in [0.5, 0.6) is 0 Å². The highest BCUT2D eigenvalue weighted by molar-refractivity contribution is 7.89. The van der Waals surface area contributed by atoms with E-state index in [1.165, 1.54) is 0 Å². The molecule has 1 aromatic carbocycles. The quantitative estimate of drug-likeness (QED) is 0.773. The van der Waals surface area contributed by atoms with Gasteiger partial charge in [-0.05, 0) is 31.9 Å². The van der Waals surface area contributed by atoms with E-state index in [1.807, 2.05) is 19.1 Å². The van der Waals surface area contributed by atoms with Crippen LogP contribution in [0.25, 0.3) is 0 Å². The zero-order chi connectivity index (χ0) is 12.5. The third-order valence-electron chi connectivity index (χ3n) is 3.15. The highest BCUT2D eigenvalue weighted by atomic mass is 32.2. The zero-order valence-electron chi connectivity index (χ0n) is 9.96. The van der Waals surface area contributed by atoms with Gasteiger partial charge in [-0.1, -0.05) is 23.8 Å². The van der Waals surface area contributed by atoms with E-state index in [-0.39, 0.29) is 6.04 Å². The summed E-state index contributed by atoms with van der Waals surface area (Å²) >= 11 is 0. The van der Waals surface area contributed by atoms with Gasteiger partial charge >= 0.3 is 0 Å². The molecule has 3 nitrogen and oxygen atoms in total. The van der Waals surface area contributed by atoms with Gasteiger partial charge in [-0.15, -0.1) is 6.58 Å². The minimum atomic E-state index is -3.35. The van der Waals surface area contributed by atoms with E-state index in [9.17, 15) is 8.42 Å². The van der Waals surface area contributed by atoms with Crippen molar-refractivity contribution in [3.63, 3.8) is 0 Å². The predicted molar refractivity (Wildman–Crippen MR) is 68.3 cm³/mol. The van der Waals surface area contributed by atoms with Crippen LogP contribution in [0.3, 0.4) is 0 Å². The van der Waals surface area contributed by atoms with Crippen LogP contribution < -0.4 is 0 Å². The van der Waals surface area contributed by atoms with Gasteiger partial charge in [0.05, 0.1) is 4.90 Å². The fourth-order valence-corrected chi connectivity index (χ4v) is 3.81. The van der Waals surface area contributed by atoms with Gasteiger partial charge in [0.1, 0.15) is 0 Å². The van der Waals surface area contributed by atoms with Crippen molar-refractivity contribution in [3.05, 3.63) is 42.5 Å². The first kappa shape index (κ1) is 12.3. The minimum absolute atomic E-state index is 0.0543. The van der Waals surface area contributed by atoms with Crippen LogP contribution in [0.15, 0.2) is 41.8 Å². The Bertz CT molecular complexity index is 505. The number of nitrogens with zero attached hydrogens (tertiary/aromatic N) is 1. The standard InChI is InChI=1S/C13H17NO2S/c1-3-12-5-4-10-14(12)17(15,16)13-8-6-11(2)7-9-13/h3,6-9,12H,1,4-5,10H2,2H3/t12-/m0/s1.